The van der Waals surface area contributed by atoms with E-state index in [2.05, 4.69) is 4.90 Å². The van der Waals surface area contributed by atoms with Gasteiger partial charge in [-0.25, -0.2) is 8.42 Å². The predicted molar refractivity (Wildman–Crippen MR) is 132 cm³/mol. The molecule has 1 aromatic carbocycles. The number of hydrogen-bond acceptors (Lipinski definition) is 5. The van der Waals surface area contributed by atoms with Crippen LogP contribution < -0.4 is 4.90 Å². The number of hydrogen-bond donors (Lipinski definition) is 0. The second kappa shape index (κ2) is 10.6. The molecule has 2 amide bonds. The number of benzene rings is 1. The highest BCUT2D eigenvalue weighted by molar-refractivity contribution is 7.89. The Morgan fingerprint density at radius 2 is 1.47 bits per heavy atom. The normalized spacial score (nSPS) is 19.9. The second-order valence-corrected chi connectivity index (χ2v) is 11.5. The molecule has 0 atom stereocenters. The number of rotatable bonds is 7. The highest BCUT2D eigenvalue weighted by atomic mass is 32.2. The third kappa shape index (κ3) is 4.96. The summed E-state index contributed by atoms with van der Waals surface area (Å²) in [6.07, 6.45) is 6.34. The summed E-state index contributed by atoms with van der Waals surface area (Å²) in [6.45, 7) is 8.16. The Morgan fingerprint density at radius 3 is 2.06 bits per heavy atom. The Kier molecular flexibility index (Phi) is 7.82. The van der Waals surface area contributed by atoms with Crippen molar-refractivity contribution in [1.82, 2.24) is 14.1 Å². The minimum atomic E-state index is -3.67. The Hall–Kier alpha value is -2.13. The van der Waals surface area contributed by atoms with Gasteiger partial charge in [0.15, 0.2) is 0 Å². The van der Waals surface area contributed by atoms with Crippen LogP contribution in [0.5, 0.6) is 0 Å². The number of nitrogens with zero attached hydrogens (tertiary/aromatic N) is 4. The number of piperazine rings is 1. The highest BCUT2D eigenvalue weighted by Crippen LogP contribution is 2.31. The molecular weight excluding hydrogens is 452 g/mol. The van der Waals surface area contributed by atoms with Gasteiger partial charge in [-0.3, -0.25) is 9.59 Å². The van der Waals surface area contributed by atoms with Crippen LogP contribution in [0.15, 0.2) is 23.1 Å². The quantitative estimate of drug-likeness (QED) is 0.587. The minimum absolute atomic E-state index is 0.144. The van der Waals surface area contributed by atoms with E-state index < -0.39 is 10.0 Å². The fourth-order valence-electron chi connectivity index (χ4n) is 5.52. The van der Waals surface area contributed by atoms with Gasteiger partial charge < -0.3 is 14.7 Å². The summed E-state index contributed by atoms with van der Waals surface area (Å²) >= 11 is 0. The van der Waals surface area contributed by atoms with E-state index in [1.165, 1.54) is 4.31 Å². The van der Waals surface area contributed by atoms with Crippen molar-refractivity contribution >= 4 is 27.5 Å². The summed E-state index contributed by atoms with van der Waals surface area (Å²) in [6, 6.07) is 5.00. The van der Waals surface area contributed by atoms with Crippen molar-refractivity contribution in [3.63, 3.8) is 0 Å². The van der Waals surface area contributed by atoms with Crippen LogP contribution in [-0.2, 0) is 14.8 Å². The molecule has 0 unspecified atom stereocenters. The van der Waals surface area contributed by atoms with Gasteiger partial charge in [0.1, 0.15) is 0 Å². The van der Waals surface area contributed by atoms with E-state index in [4.69, 9.17) is 0 Å². The van der Waals surface area contributed by atoms with Crippen molar-refractivity contribution < 1.29 is 18.0 Å². The van der Waals surface area contributed by atoms with Gasteiger partial charge in [-0.2, -0.15) is 4.31 Å². The Labute approximate surface area is 203 Å². The minimum Gasteiger partial charge on any atom is -0.371 e. The number of carbonyl (C=O) groups is 2. The third-order valence-corrected chi connectivity index (χ3v) is 9.62. The number of sulfonamides is 1. The van der Waals surface area contributed by atoms with Gasteiger partial charge in [0, 0.05) is 64.0 Å². The Balaban J connectivity index is 1.56. The van der Waals surface area contributed by atoms with E-state index >= 15 is 0 Å². The first-order valence-corrected chi connectivity index (χ1v) is 14.3. The van der Waals surface area contributed by atoms with Crippen LogP contribution in [-0.4, -0.2) is 86.7 Å². The smallest absolute Gasteiger partial charge is 0.256 e. The van der Waals surface area contributed by atoms with Crippen molar-refractivity contribution in [1.29, 1.82) is 0 Å². The summed E-state index contributed by atoms with van der Waals surface area (Å²) in [5, 5.41) is 0. The van der Waals surface area contributed by atoms with Gasteiger partial charge in [-0.15, -0.1) is 0 Å². The molecule has 0 N–H and O–H groups in total. The van der Waals surface area contributed by atoms with Crippen LogP contribution in [0.3, 0.4) is 0 Å². The molecule has 3 aliphatic rings. The number of anilines is 1. The van der Waals surface area contributed by atoms with E-state index in [1.807, 2.05) is 18.7 Å². The van der Waals surface area contributed by atoms with Crippen molar-refractivity contribution in [2.75, 3.05) is 57.3 Å². The first-order valence-electron chi connectivity index (χ1n) is 12.8. The standard InChI is InChI=1S/C25H38N4O4S/c1-3-29(4-2)34(32,33)21-11-12-23(26-13-7-8-14-26)22(19-21)25(31)28-17-15-27(16-18-28)24(30)20-9-5-6-10-20/h11-12,19-20H,3-10,13-18H2,1-2H3. The van der Waals surface area contributed by atoms with E-state index in [-0.39, 0.29) is 22.6 Å². The molecule has 1 aromatic rings. The molecule has 2 saturated heterocycles. The zero-order valence-corrected chi connectivity index (χ0v) is 21.4. The maximum atomic E-state index is 13.7. The third-order valence-electron chi connectivity index (χ3n) is 7.57. The summed E-state index contributed by atoms with van der Waals surface area (Å²) in [5.74, 6) is 0.229. The van der Waals surface area contributed by atoms with Crippen molar-refractivity contribution in [3.05, 3.63) is 23.8 Å². The molecule has 1 saturated carbocycles. The van der Waals surface area contributed by atoms with Gasteiger partial charge in [0.2, 0.25) is 15.9 Å². The Bertz CT molecular complexity index is 988. The maximum absolute atomic E-state index is 13.7. The van der Waals surface area contributed by atoms with E-state index in [0.717, 1.165) is 57.3 Å². The molecule has 0 bridgehead atoms. The zero-order valence-electron chi connectivity index (χ0n) is 20.5. The second-order valence-electron chi connectivity index (χ2n) is 9.56. The van der Waals surface area contributed by atoms with Gasteiger partial charge in [0.05, 0.1) is 10.5 Å². The molecule has 34 heavy (non-hydrogen) atoms. The summed E-state index contributed by atoms with van der Waals surface area (Å²) in [5.41, 5.74) is 1.26. The molecule has 8 nitrogen and oxygen atoms in total. The van der Waals surface area contributed by atoms with E-state index in [1.54, 1.807) is 23.1 Å². The predicted octanol–water partition coefficient (Wildman–Crippen LogP) is 2.79. The van der Waals surface area contributed by atoms with Gasteiger partial charge in [-0.1, -0.05) is 26.7 Å². The lowest BCUT2D eigenvalue weighted by Gasteiger charge is -2.36. The molecule has 0 radical (unpaired) electrons. The molecule has 0 spiro atoms. The topological polar surface area (TPSA) is 81.2 Å². The van der Waals surface area contributed by atoms with Crippen LogP contribution in [0.2, 0.25) is 0 Å². The summed E-state index contributed by atoms with van der Waals surface area (Å²) in [7, 11) is -3.67. The van der Waals surface area contributed by atoms with Crippen LogP contribution in [0.1, 0.15) is 62.7 Å². The molecule has 4 rings (SSSR count). The fourth-order valence-corrected chi connectivity index (χ4v) is 7.01. The monoisotopic (exact) mass is 490 g/mol. The molecule has 2 aliphatic heterocycles. The molecule has 9 heteroatoms. The number of carbonyl (C=O) groups excluding carboxylic acids is 2. The fraction of sp³-hybridized carbons (Fsp3) is 0.680. The lowest BCUT2D eigenvalue weighted by Crippen LogP contribution is -2.52. The van der Waals surface area contributed by atoms with Gasteiger partial charge in [0.25, 0.3) is 5.91 Å². The van der Waals surface area contributed by atoms with Crippen LogP contribution >= 0.6 is 0 Å². The van der Waals surface area contributed by atoms with Crippen molar-refractivity contribution in [2.24, 2.45) is 5.92 Å². The lowest BCUT2D eigenvalue weighted by atomic mass is 10.1. The maximum Gasteiger partial charge on any atom is 0.256 e. The molecule has 188 valence electrons. The number of amides is 2. The first kappa shape index (κ1) is 25.0. The zero-order chi connectivity index (χ0) is 24.3. The van der Waals surface area contributed by atoms with E-state index in [9.17, 15) is 18.0 Å². The first-order chi connectivity index (χ1) is 16.4. The van der Waals surface area contributed by atoms with Crippen molar-refractivity contribution in [3.8, 4) is 0 Å². The van der Waals surface area contributed by atoms with Gasteiger partial charge >= 0.3 is 0 Å². The average Bonchev–Trinajstić information content (AvgIpc) is 3.58. The molecule has 3 fully saturated rings. The van der Waals surface area contributed by atoms with Crippen LogP contribution in [0.25, 0.3) is 0 Å². The SMILES string of the molecule is CCN(CC)S(=O)(=O)c1ccc(N2CCCC2)c(C(=O)N2CCN(C(=O)C3CCCC3)CC2)c1. The highest BCUT2D eigenvalue weighted by Gasteiger charge is 2.33. The summed E-state index contributed by atoms with van der Waals surface area (Å²) in [4.78, 5) is 32.5. The van der Waals surface area contributed by atoms with E-state index in [0.29, 0.717) is 44.8 Å². The molecule has 1 aliphatic carbocycles. The molecule has 0 aromatic heterocycles. The summed E-state index contributed by atoms with van der Waals surface area (Å²) < 4.78 is 27.7. The Morgan fingerprint density at radius 1 is 0.882 bits per heavy atom. The largest absolute Gasteiger partial charge is 0.371 e. The molecular formula is C25H38N4O4S. The average molecular weight is 491 g/mol. The van der Waals surface area contributed by atoms with Crippen molar-refractivity contribution in [2.45, 2.75) is 57.3 Å². The lowest BCUT2D eigenvalue weighted by molar-refractivity contribution is -0.136. The molecule has 2 heterocycles. The van der Waals surface area contributed by atoms with Crippen LogP contribution in [0, 0.1) is 5.92 Å². The van der Waals surface area contributed by atoms with Gasteiger partial charge in [-0.05, 0) is 43.9 Å². The van der Waals surface area contributed by atoms with Crippen LogP contribution in [0.4, 0.5) is 5.69 Å².